The minimum Gasteiger partial charge on any atom is -0.385 e. The molecule has 2 aromatic carbocycles. The first kappa shape index (κ1) is 27.1. The Kier molecular flexibility index (Phi) is 10.2. The molecule has 0 aliphatic heterocycles. The number of ether oxygens (including phenoxy) is 1. The molecule has 2 amide bonds. The third kappa shape index (κ3) is 8.05. The van der Waals surface area contributed by atoms with Gasteiger partial charge in [-0.2, -0.15) is 0 Å². The van der Waals surface area contributed by atoms with Gasteiger partial charge in [-0.15, -0.1) is 0 Å². The SMILES string of the molecule is COCCCN(CC(=O)N(Cc1ccccc1)Cc1cccn1Cc1ccc(F)cc1)C(=O)C(C)C. The van der Waals surface area contributed by atoms with Gasteiger partial charge in [0.25, 0.3) is 0 Å². The van der Waals surface area contributed by atoms with Crippen LogP contribution in [0.5, 0.6) is 0 Å². The number of aromatic nitrogens is 1. The zero-order valence-electron chi connectivity index (χ0n) is 21.4. The number of methoxy groups -OCH3 is 1. The van der Waals surface area contributed by atoms with Gasteiger partial charge in [0, 0.05) is 51.2 Å². The normalized spacial score (nSPS) is 11.0. The molecular formula is C29H36FN3O3. The maximum absolute atomic E-state index is 13.6. The highest BCUT2D eigenvalue weighted by molar-refractivity contribution is 5.85. The number of carbonyl (C=O) groups is 2. The smallest absolute Gasteiger partial charge is 0.242 e. The first-order valence-electron chi connectivity index (χ1n) is 12.3. The maximum atomic E-state index is 13.6. The number of carbonyl (C=O) groups excluding carboxylic acids is 2. The van der Waals surface area contributed by atoms with Crippen molar-refractivity contribution in [3.63, 3.8) is 0 Å². The van der Waals surface area contributed by atoms with E-state index in [1.807, 2.05) is 62.5 Å². The summed E-state index contributed by atoms with van der Waals surface area (Å²) in [4.78, 5) is 29.9. The van der Waals surface area contributed by atoms with E-state index in [-0.39, 0.29) is 30.1 Å². The Morgan fingerprint density at radius 3 is 2.31 bits per heavy atom. The summed E-state index contributed by atoms with van der Waals surface area (Å²) in [7, 11) is 1.63. The van der Waals surface area contributed by atoms with Crippen LogP contribution in [0.15, 0.2) is 72.9 Å². The van der Waals surface area contributed by atoms with Crippen LogP contribution in [0.2, 0.25) is 0 Å². The second-order valence-electron chi connectivity index (χ2n) is 9.25. The van der Waals surface area contributed by atoms with E-state index in [1.165, 1.54) is 12.1 Å². The number of amides is 2. The minimum absolute atomic E-state index is 0.0201. The van der Waals surface area contributed by atoms with Crippen molar-refractivity contribution in [1.29, 1.82) is 0 Å². The summed E-state index contributed by atoms with van der Waals surface area (Å²) in [6.45, 7) is 6.11. The van der Waals surface area contributed by atoms with E-state index in [1.54, 1.807) is 29.0 Å². The van der Waals surface area contributed by atoms with Gasteiger partial charge in [0.05, 0.1) is 13.1 Å². The number of hydrogen-bond donors (Lipinski definition) is 0. The first-order chi connectivity index (χ1) is 17.4. The molecule has 1 aromatic heterocycles. The lowest BCUT2D eigenvalue weighted by molar-refractivity contribution is -0.143. The number of halogens is 1. The summed E-state index contributed by atoms with van der Waals surface area (Å²) in [5.41, 5.74) is 2.95. The van der Waals surface area contributed by atoms with Crippen molar-refractivity contribution >= 4 is 11.8 Å². The molecule has 6 nitrogen and oxygen atoms in total. The molecule has 0 fully saturated rings. The van der Waals surface area contributed by atoms with E-state index in [0.717, 1.165) is 16.8 Å². The Hall–Kier alpha value is -3.45. The van der Waals surface area contributed by atoms with Crippen LogP contribution in [0.3, 0.4) is 0 Å². The molecule has 3 aromatic rings. The second kappa shape index (κ2) is 13.6. The quantitative estimate of drug-likeness (QED) is 0.324. The van der Waals surface area contributed by atoms with Crippen LogP contribution in [0.25, 0.3) is 0 Å². The molecular weight excluding hydrogens is 457 g/mol. The average Bonchev–Trinajstić information content (AvgIpc) is 3.31. The summed E-state index contributed by atoms with van der Waals surface area (Å²) in [5.74, 6) is -0.619. The summed E-state index contributed by atoms with van der Waals surface area (Å²) in [5, 5.41) is 0. The molecule has 0 aliphatic carbocycles. The molecule has 1 heterocycles. The van der Waals surface area contributed by atoms with Gasteiger partial charge in [-0.1, -0.05) is 56.3 Å². The molecule has 0 saturated carbocycles. The van der Waals surface area contributed by atoms with Crippen LogP contribution >= 0.6 is 0 Å². The van der Waals surface area contributed by atoms with Crippen molar-refractivity contribution in [2.24, 2.45) is 5.92 Å². The lowest BCUT2D eigenvalue weighted by Crippen LogP contribution is -2.44. The third-order valence-electron chi connectivity index (χ3n) is 6.02. The first-order valence-corrected chi connectivity index (χ1v) is 12.3. The molecule has 0 atom stereocenters. The van der Waals surface area contributed by atoms with Gasteiger partial charge in [-0.25, -0.2) is 4.39 Å². The van der Waals surface area contributed by atoms with Crippen LogP contribution < -0.4 is 0 Å². The van der Waals surface area contributed by atoms with Gasteiger partial charge < -0.3 is 19.1 Å². The standard InChI is InChI=1S/C29H36FN3O3/c1-23(2)29(35)32(17-8-18-36-3)22-28(34)33(20-24-9-5-4-6-10-24)21-27-11-7-16-31(27)19-25-12-14-26(30)15-13-25/h4-7,9-16,23H,8,17-22H2,1-3H3. The summed E-state index contributed by atoms with van der Waals surface area (Å²) >= 11 is 0. The molecule has 0 N–H and O–H groups in total. The third-order valence-corrected chi connectivity index (χ3v) is 6.02. The Morgan fingerprint density at radius 1 is 0.917 bits per heavy atom. The minimum atomic E-state index is -0.267. The molecule has 3 rings (SSSR count). The van der Waals surface area contributed by atoms with Crippen molar-refractivity contribution in [3.8, 4) is 0 Å². The fourth-order valence-corrected chi connectivity index (χ4v) is 4.06. The lowest BCUT2D eigenvalue weighted by atomic mass is 10.1. The molecule has 0 aliphatic rings. The highest BCUT2D eigenvalue weighted by Crippen LogP contribution is 2.15. The van der Waals surface area contributed by atoms with Crippen molar-refractivity contribution < 1.29 is 18.7 Å². The van der Waals surface area contributed by atoms with Crippen molar-refractivity contribution in [2.45, 2.75) is 39.9 Å². The van der Waals surface area contributed by atoms with Gasteiger partial charge >= 0.3 is 0 Å². The van der Waals surface area contributed by atoms with Crippen LogP contribution in [0.4, 0.5) is 4.39 Å². The molecule has 7 heteroatoms. The number of rotatable bonds is 13. The summed E-state index contributed by atoms with van der Waals surface area (Å²) < 4.78 is 20.5. The molecule has 36 heavy (non-hydrogen) atoms. The number of benzene rings is 2. The molecule has 0 unspecified atom stereocenters. The van der Waals surface area contributed by atoms with E-state index >= 15 is 0 Å². The maximum Gasteiger partial charge on any atom is 0.242 e. The largest absolute Gasteiger partial charge is 0.385 e. The Bertz CT molecular complexity index is 1100. The molecule has 192 valence electrons. The van der Waals surface area contributed by atoms with Gasteiger partial charge in [0.15, 0.2) is 0 Å². The Balaban J connectivity index is 1.80. The molecule has 0 radical (unpaired) electrons. The van der Waals surface area contributed by atoms with Gasteiger partial charge in [-0.05, 0) is 41.8 Å². The average molecular weight is 494 g/mol. The summed E-state index contributed by atoms with van der Waals surface area (Å²) in [6, 6.07) is 20.2. The van der Waals surface area contributed by atoms with E-state index in [2.05, 4.69) is 4.57 Å². The second-order valence-corrected chi connectivity index (χ2v) is 9.25. The van der Waals surface area contributed by atoms with Crippen LogP contribution in [-0.2, 0) is 34.0 Å². The predicted octanol–water partition coefficient (Wildman–Crippen LogP) is 4.73. The highest BCUT2D eigenvalue weighted by Gasteiger charge is 2.24. The predicted molar refractivity (Wildman–Crippen MR) is 139 cm³/mol. The lowest BCUT2D eigenvalue weighted by Gasteiger charge is -2.29. The fourth-order valence-electron chi connectivity index (χ4n) is 4.06. The van der Waals surface area contributed by atoms with Crippen LogP contribution in [0, 0.1) is 11.7 Å². The van der Waals surface area contributed by atoms with Gasteiger partial charge in [-0.3, -0.25) is 9.59 Å². The van der Waals surface area contributed by atoms with E-state index < -0.39 is 0 Å². The fraction of sp³-hybridized carbons (Fsp3) is 0.379. The number of hydrogen-bond acceptors (Lipinski definition) is 3. The highest BCUT2D eigenvalue weighted by atomic mass is 19.1. The van der Waals surface area contributed by atoms with E-state index in [4.69, 9.17) is 4.74 Å². The Morgan fingerprint density at radius 2 is 1.64 bits per heavy atom. The van der Waals surface area contributed by atoms with Crippen molar-refractivity contribution in [3.05, 3.63) is 95.6 Å². The van der Waals surface area contributed by atoms with Crippen LogP contribution in [-0.4, -0.2) is 53.0 Å². The monoisotopic (exact) mass is 493 g/mol. The summed E-state index contributed by atoms with van der Waals surface area (Å²) in [6.07, 6.45) is 2.63. The van der Waals surface area contributed by atoms with Crippen molar-refractivity contribution in [2.75, 3.05) is 26.8 Å². The van der Waals surface area contributed by atoms with E-state index in [0.29, 0.717) is 39.2 Å². The van der Waals surface area contributed by atoms with Crippen LogP contribution in [0.1, 0.15) is 37.1 Å². The zero-order chi connectivity index (χ0) is 25.9. The van der Waals surface area contributed by atoms with Gasteiger partial charge in [0.2, 0.25) is 11.8 Å². The van der Waals surface area contributed by atoms with E-state index in [9.17, 15) is 14.0 Å². The topological polar surface area (TPSA) is 54.8 Å². The molecule has 0 bridgehead atoms. The molecule has 0 saturated heterocycles. The zero-order valence-corrected chi connectivity index (χ0v) is 21.4. The molecule has 0 spiro atoms. The van der Waals surface area contributed by atoms with Crippen molar-refractivity contribution in [1.82, 2.24) is 14.4 Å². The Labute approximate surface area is 213 Å². The van der Waals surface area contributed by atoms with Gasteiger partial charge in [0.1, 0.15) is 5.82 Å². The number of nitrogens with zero attached hydrogens (tertiary/aromatic N) is 3.